The molecule has 0 saturated heterocycles. The van der Waals surface area contributed by atoms with Crippen molar-refractivity contribution in [1.29, 1.82) is 0 Å². The van der Waals surface area contributed by atoms with Gasteiger partial charge in [0.1, 0.15) is 0 Å². The molecule has 1 saturated carbocycles. The van der Waals surface area contributed by atoms with Gasteiger partial charge in [0.15, 0.2) is 0 Å². The van der Waals surface area contributed by atoms with Crippen LogP contribution in [0.1, 0.15) is 26.7 Å². The van der Waals surface area contributed by atoms with Crippen LogP contribution in [0.4, 0.5) is 0 Å². The number of nitrogens with zero attached hydrogens (tertiary/aromatic N) is 1. The Labute approximate surface area is 95.8 Å². The van der Waals surface area contributed by atoms with E-state index in [2.05, 4.69) is 34.7 Å². The van der Waals surface area contributed by atoms with E-state index < -0.39 is 0 Å². The molecule has 0 aromatic heterocycles. The van der Waals surface area contributed by atoms with Crippen LogP contribution >= 0.6 is 15.9 Å². The normalized spacial score (nSPS) is 19.3. The fourth-order valence-corrected chi connectivity index (χ4v) is 2.68. The SMILES string of the molecule is CC(C)C(CBr)CN(CCO)C1CC1. The molecule has 0 aromatic rings. The van der Waals surface area contributed by atoms with E-state index in [1.807, 2.05) is 0 Å². The van der Waals surface area contributed by atoms with Gasteiger partial charge in [-0.15, -0.1) is 0 Å². The van der Waals surface area contributed by atoms with Gasteiger partial charge in [-0.2, -0.15) is 0 Å². The van der Waals surface area contributed by atoms with Crippen LogP contribution in [-0.4, -0.2) is 41.1 Å². The summed E-state index contributed by atoms with van der Waals surface area (Å²) in [6.07, 6.45) is 2.65. The first-order chi connectivity index (χ1) is 6.69. The maximum Gasteiger partial charge on any atom is 0.0558 e. The molecule has 0 aliphatic heterocycles. The second kappa shape index (κ2) is 6.09. The smallest absolute Gasteiger partial charge is 0.0558 e. The Morgan fingerprint density at radius 1 is 1.43 bits per heavy atom. The Morgan fingerprint density at radius 2 is 2.07 bits per heavy atom. The number of aliphatic hydroxyl groups excluding tert-OH is 1. The quantitative estimate of drug-likeness (QED) is 0.712. The van der Waals surface area contributed by atoms with Gasteiger partial charge in [0.05, 0.1) is 6.61 Å². The molecule has 0 amide bonds. The van der Waals surface area contributed by atoms with Crippen LogP contribution in [0.3, 0.4) is 0 Å². The lowest BCUT2D eigenvalue weighted by atomic mass is 9.97. The van der Waals surface area contributed by atoms with E-state index >= 15 is 0 Å². The standard InChI is InChI=1S/C11H22BrNO/c1-9(2)10(7-12)8-13(5-6-14)11-3-4-11/h9-11,14H,3-8H2,1-2H3. The van der Waals surface area contributed by atoms with Gasteiger partial charge in [0, 0.05) is 24.5 Å². The van der Waals surface area contributed by atoms with Crippen LogP contribution in [0.2, 0.25) is 0 Å². The van der Waals surface area contributed by atoms with Crippen LogP contribution in [-0.2, 0) is 0 Å². The minimum atomic E-state index is 0.295. The zero-order valence-corrected chi connectivity index (χ0v) is 10.8. The Hall–Kier alpha value is 0.400. The Kier molecular flexibility index (Phi) is 5.42. The van der Waals surface area contributed by atoms with Crippen LogP contribution in [0, 0.1) is 11.8 Å². The minimum absolute atomic E-state index is 0.295. The highest BCUT2D eigenvalue weighted by atomic mass is 79.9. The zero-order valence-electron chi connectivity index (χ0n) is 9.25. The lowest BCUT2D eigenvalue weighted by molar-refractivity contribution is 0.160. The van der Waals surface area contributed by atoms with Gasteiger partial charge in [-0.3, -0.25) is 4.90 Å². The number of aliphatic hydroxyl groups is 1. The van der Waals surface area contributed by atoms with Gasteiger partial charge in [0.25, 0.3) is 0 Å². The average molecular weight is 264 g/mol. The van der Waals surface area contributed by atoms with E-state index in [1.54, 1.807) is 0 Å². The topological polar surface area (TPSA) is 23.5 Å². The van der Waals surface area contributed by atoms with E-state index in [4.69, 9.17) is 5.11 Å². The molecule has 0 radical (unpaired) electrons. The zero-order chi connectivity index (χ0) is 10.6. The maximum atomic E-state index is 8.98. The average Bonchev–Trinajstić information content (AvgIpc) is 2.94. The third-order valence-corrected chi connectivity index (χ3v) is 3.89. The molecule has 3 heteroatoms. The summed E-state index contributed by atoms with van der Waals surface area (Å²) < 4.78 is 0. The predicted molar refractivity (Wildman–Crippen MR) is 63.8 cm³/mol. The summed E-state index contributed by atoms with van der Waals surface area (Å²) in [5.74, 6) is 1.43. The Morgan fingerprint density at radius 3 is 2.43 bits per heavy atom. The van der Waals surface area contributed by atoms with Crippen molar-refractivity contribution in [2.45, 2.75) is 32.7 Å². The van der Waals surface area contributed by atoms with E-state index in [0.717, 1.165) is 24.5 Å². The highest BCUT2D eigenvalue weighted by molar-refractivity contribution is 9.09. The number of alkyl halides is 1. The van der Waals surface area contributed by atoms with Crippen molar-refractivity contribution in [3.05, 3.63) is 0 Å². The summed E-state index contributed by atoms with van der Waals surface area (Å²) in [5.41, 5.74) is 0. The molecule has 84 valence electrons. The molecule has 14 heavy (non-hydrogen) atoms. The second-order valence-corrected chi connectivity index (χ2v) is 5.26. The maximum absolute atomic E-state index is 8.98. The van der Waals surface area contributed by atoms with Gasteiger partial charge in [-0.25, -0.2) is 0 Å². The van der Waals surface area contributed by atoms with Gasteiger partial charge in [-0.1, -0.05) is 29.8 Å². The van der Waals surface area contributed by atoms with E-state index in [1.165, 1.54) is 12.8 Å². The Bertz CT molecular complexity index is 159. The molecular weight excluding hydrogens is 242 g/mol. The third kappa shape index (κ3) is 3.87. The molecule has 1 rings (SSSR count). The number of rotatable bonds is 7. The highest BCUT2D eigenvalue weighted by Crippen LogP contribution is 2.28. The molecule has 1 atom stereocenters. The third-order valence-electron chi connectivity index (χ3n) is 3.06. The van der Waals surface area contributed by atoms with Crippen LogP contribution in [0.25, 0.3) is 0 Å². The van der Waals surface area contributed by atoms with Gasteiger partial charge >= 0.3 is 0 Å². The highest BCUT2D eigenvalue weighted by Gasteiger charge is 2.30. The van der Waals surface area contributed by atoms with Crippen molar-refractivity contribution < 1.29 is 5.11 Å². The fraction of sp³-hybridized carbons (Fsp3) is 1.00. The lowest BCUT2D eigenvalue weighted by Gasteiger charge is -2.28. The Balaban J connectivity index is 2.35. The monoisotopic (exact) mass is 263 g/mol. The number of hydrogen-bond donors (Lipinski definition) is 1. The number of halogens is 1. The molecular formula is C11H22BrNO. The van der Waals surface area contributed by atoms with Crippen molar-refractivity contribution in [2.75, 3.05) is 25.0 Å². The summed E-state index contributed by atoms with van der Waals surface area (Å²) in [6.45, 7) is 6.82. The first-order valence-electron chi connectivity index (χ1n) is 5.60. The molecule has 2 nitrogen and oxygen atoms in total. The van der Waals surface area contributed by atoms with E-state index in [0.29, 0.717) is 18.4 Å². The van der Waals surface area contributed by atoms with Crippen LogP contribution in [0.5, 0.6) is 0 Å². The molecule has 1 aliphatic rings. The minimum Gasteiger partial charge on any atom is -0.395 e. The van der Waals surface area contributed by atoms with Gasteiger partial charge in [0.2, 0.25) is 0 Å². The van der Waals surface area contributed by atoms with Crippen molar-refractivity contribution in [1.82, 2.24) is 4.90 Å². The molecule has 1 fully saturated rings. The van der Waals surface area contributed by atoms with E-state index in [9.17, 15) is 0 Å². The predicted octanol–water partition coefficient (Wildman–Crippen LogP) is 2.11. The van der Waals surface area contributed by atoms with Crippen LogP contribution < -0.4 is 0 Å². The molecule has 0 aromatic carbocycles. The van der Waals surface area contributed by atoms with Gasteiger partial charge < -0.3 is 5.11 Å². The van der Waals surface area contributed by atoms with Crippen molar-refractivity contribution >= 4 is 15.9 Å². The van der Waals surface area contributed by atoms with E-state index in [-0.39, 0.29) is 0 Å². The van der Waals surface area contributed by atoms with Crippen molar-refractivity contribution in [2.24, 2.45) is 11.8 Å². The first kappa shape index (κ1) is 12.5. The second-order valence-electron chi connectivity index (χ2n) is 4.61. The molecule has 1 aliphatic carbocycles. The fourth-order valence-electron chi connectivity index (χ4n) is 1.73. The number of hydrogen-bond acceptors (Lipinski definition) is 2. The van der Waals surface area contributed by atoms with Crippen molar-refractivity contribution in [3.8, 4) is 0 Å². The summed E-state index contributed by atoms with van der Waals surface area (Å²) in [6, 6.07) is 0.766. The molecule has 1 unspecified atom stereocenters. The largest absolute Gasteiger partial charge is 0.395 e. The first-order valence-corrected chi connectivity index (χ1v) is 6.72. The molecule has 0 spiro atoms. The summed E-state index contributed by atoms with van der Waals surface area (Å²) >= 11 is 3.58. The lowest BCUT2D eigenvalue weighted by Crippen LogP contribution is -2.36. The van der Waals surface area contributed by atoms with Crippen molar-refractivity contribution in [3.63, 3.8) is 0 Å². The molecule has 1 N–H and O–H groups in total. The summed E-state index contributed by atoms with van der Waals surface area (Å²) in [4.78, 5) is 2.45. The van der Waals surface area contributed by atoms with Gasteiger partial charge in [-0.05, 0) is 24.7 Å². The van der Waals surface area contributed by atoms with Crippen LogP contribution in [0.15, 0.2) is 0 Å². The molecule has 0 bridgehead atoms. The molecule has 0 heterocycles. The summed E-state index contributed by atoms with van der Waals surface area (Å²) in [7, 11) is 0. The summed E-state index contributed by atoms with van der Waals surface area (Å²) in [5, 5.41) is 10.1.